The highest BCUT2D eigenvalue weighted by Gasteiger charge is 2.30. The van der Waals surface area contributed by atoms with E-state index in [0.717, 1.165) is 67.4 Å². The Bertz CT molecular complexity index is 1230. The quantitative estimate of drug-likeness (QED) is 0.533. The van der Waals surface area contributed by atoms with Gasteiger partial charge in [-0.2, -0.15) is 0 Å². The van der Waals surface area contributed by atoms with Crippen molar-refractivity contribution in [1.82, 2.24) is 4.98 Å². The zero-order valence-electron chi connectivity index (χ0n) is 19.0. The molecule has 1 aliphatic heterocycles. The summed E-state index contributed by atoms with van der Waals surface area (Å²) in [6.45, 7) is 4.42. The number of benzene rings is 1. The van der Waals surface area contributed by atoms with Crippen LogP contribution in [0, 0.1) is 18.8 Å². The Morgan fingerprint density at radius 2 is 1.85 bits per heavy atom. The van der Waals surface area contributed by atoms with Crippen LogP contribution in [0.4, 0.5) is 16.5 Å². The fourth-order valence-corrected chi connectivity index (χ4v) is 6.13. The third-order valence-electron chi connectivity index (χ3n) is 7.19. The third-order valence-corrected chi connectivity index (χ3v) is 8.13. The summed E-state index contributed by atoms with van der Waals surface area (Å²) in [7, 11) is 0. The smallest absolute Gasteiger partial charge is 0.253 e. The number of aryl methyl sites for hydroxylation is 1. The molecule has 0 unspecified atom stereocenters. The molecular weight excluding hydrogens is 436 g/mol. The van der Waals surface area contributed by atoms with Gasteiger partial charge in [0.1, 0.15) is 11.4 Å². The maximum atomic E-state index is 12.8. The number of nitrogens with zero attached hydrogens (tertiary/aromatic N) is 2. The summed E-state index contributed by atoms with van der Waals surface area (Å²) in [4.78, 5) is 43.7. The first-order valence-corrected chi connectivity index (χ1v) is 12.8. The molecule has 1 saturated carbocycles. The zero-order chi connectivity index (χ0) is 22.9. The van der Waals surface area contributed by atoms with Crippen molar-refractivity contribution in [1.29, 1.82) is 0 Å². The zero-order valence-corrected chi connectivity index (χ0v) is 19.8. The highest BCUT2D eigenvalue weighted by atomic mass is 32.1. The van der Waals surface area contributed by atoms with Crippen LogP contribution >= 0.6 is 11.3 Å². The van der Waals surface area contributed by atoms with E-state index in [1.54, 1.807) is 0 Å². The topological polar surface area (TPSA) is 91.4 Å². The molecule has 0 radical (unpaired) electrons. The van der Waals surface area contributed by atoms with Gasteiger partial charge in [-0.1, -0.05) is 23.5 Å². The van der Waals surface area contributed by atoms with E-state index in [0.29, 0.717) is 29.0 Å². The summed E-state index contributed by atoms with van der Waals surface area (Å²) >= 11 is 1.52. The fraction of sp³-hybridized carbons (Fsp3) is 0.520. The van der Waals surface area contributed by atoms with Crippen LogP contribution in [0.1, 0.15) is 50.5 Å². The number of anilines is 3. The minimum absolute atomic E-state index is 0.00982. The monoisotopic (exact) mass is 466 g/mol. The molecule has 8 heteroatoms. The van der Waals surface area contributed by atoms with E-state index in [4.69, 9.17) is 0 Å². The minimum Gasteiger partial charge on any atom is -0.380 e. The van der Waals surface area contributed by atoms with Gasteiger partial charge in [0.2, 0.25) is 5.91 Å². The first-order valence-electron chi connectivity index (χ1n) is 12.0. The molecule has 174 valence electrons. The highest BCUT2D eigenvalue weighted by molar-refractivity contribution is 7.22. The van der Waals surface area contributed by atoms with Crippen molar-refractivity contribution in [3.05, 3.63) is 44.2 Å². The number of para-hydroxylation sites is 1. The number of aromatic nitrogens is 1. The van der Waals surface area contributed by atoms with Gasteiger partial charge in [-0.25, -0.2) is 4.98 Å². The molecular formula is C25H30N4O3S. The third kappa shape index (κ3) is 4.40. The van der Waals surface area contributed by atoms with Crippen molar-refractivity contribution in [3.63, 3.8) is 0 Å². The van der Waals surface area contributed by atoms with Gasteiger partial charge < -0.3 is 15.5 Å². The number of thiazole rings is 1. The summed E-state index contributed by atoms with van der Waals surface area (Å²) in [5.41, 5.74) is 2.45. The van der Waals surface area contributed by atoms with E-state index in [1.165, 1.54) is 17.8 Å². The Labute approximate surface area is 196 Å². The van der Waals surface area contributed by atoms with Crippen LogP contribution < -0.4 is 26.4 Å². The van der Waals surface area contributed by atoms with Crippen LogP contribution in [0.15, 0.2) is 27.8 Å². The molecule has 7 nitrogen and oxygen atoms in total. The van der Waals surface area contributed by atoms with Crippen LogP contribution in [-0.2, 0) is 4.79 Å². The summed E-state index contributed by atoms with van der Waals surface area (Å²) in [5.74, 6) is 0.440. The average molecular weight is 467 g/mol. The number of rotatable bonds is 6. The van der Waals surface area contributed by atoms with E-state index >= 15 is 0 Å². The summed E-state index contributed by atoms with van der Waals surface area (Å²) < 4.78 is 1.09. The van der Waals surface area contributed by atoms with E-state index in [-0.39, 0.29) is 22.7 Å². The van der Waals surface area contributed by atoms with Crippen molar-refractivity contribution in [2.75, 3.05) is 35.2 Å². The van der Waals surface area contributed by atoms with Gasteiger partial charge in [-0.15, -0.1) is 0 Å². The molecule has 2 heterocycles. The van der Waals surface area contributed by atoms with E-state index in [1.807, 2.05) is 25.1 Å². The van der Waals surface area contributed by atoms with E-state index < -0.39 is 0 Å². The lowest BCUT2D eigenvalue weighted by atomic mass is 9.81. The number of nitrogens with one attached hydrogen (secondary N) is 2. The lowest BCUT2D eigenvalue weighted by molar-refractivity contribution is -0.121. The number of carbonyl (C=O) groups is 1. The van der Waals surface area contributed by atoms with Gasteiger partial charge in [-0.3, -0.25) is 14.4 Å². The Hall–Kier alpha value is -2.74. The van der Waals surface area contributed by atoms with Crippen molar-refractivity contribution < 1.29 is 4.79 Å². The largest absolute Gasteiger partial charge is 0.380 e. The SMILES string of the molecule is Cc1cccc2sc(NC(=O)C3CCC(CNc4c(N5CCCCC5)c(=O)c4=O)CC3)nc12. The second-order valence-corrected chi connectivity index (χ2v) is 10.5. The van der Waals surface area contributed by atoms with Crippen LogP contribution in [-0.4, -0.2) is 30.5 Å². The molecule has 5 rings (SSSR count). The van der Waals surface area contributed by atoms with Crippen molar-refractivity contribution in [3.8, 4) is 0 Å². The molecule has 0 bridgehead atoms. The molecule has 3 aromatic rings. The lowest BCUT2D eigenvalue weighted by Gasteiger charge is -2.32. The fourth-order valence-electron chi connectivity index (χ4n) is 5.19. The number of hydrogen-bond donors (Lipinski definition) is 2. The Kier molecular flexibility index (Phi) is 6.19. The predicted molar refractivity (Wildman–Crippen MR) is 134 cm³/mol. The van der Waals surface area contributed by atoms with Crippen LogP contribution in [0.25, 0.3) is 10.2 Å². The molecule has 1 aromatic heterocycles. The number of piperidine rings is 1. The second kappa shape index (κ2) is 9.25. The van der Waals surface area contributed by atoms with Crippen LogP contribution in [0.3, 0.4) is 0 Å². The molecule has 2 aliphatic rings. The van der Waals surface area contributed by atoms with Gasteiger partial charge in [0.05, 0.1) is 10.2 Å². The summed E-state index contributed by atoms with van der Waals surface area (Å²) in [6, 6.07) is 6.07. The lowest BCUT2D eigenvalue weighted by Crippen LogP contribution is -2.45. The normalized spacial score (nSPS) is 21.4. The molecule has 2 aromatic carbocycles. The Morgan fingerprint density at radius 3 is 2.58 bits per heavy atom. The molecule has 1 aliphatic carbocycles. The van der Waals surface area contributed by atoms with Crippen molar-refractivity contribution in [2.45, 2.75) is 51.9 Å². The first-order chi connectivity index (χ1) is 16.0. The van der Waals surface area contributed by atoms with Crippen molar-refractivity contribution in [2.24, 2.45) is 11.8 Å². The molecule has 2 N–H and O–H groups in total. The number of hydrogen-bond acceptors (Lipinski definition) is 7. The number of carbonyl (C=O) groups excluding carboxylic acids is 1. The molecule has 0 atom stereocenters. The highest BCUT2D eigenvalue weighted by Crippen LogP contribution is 2.33. The number of amides is 1. The second-order valence-electron chi connectivity index (χ2n) is 9.46. The molecule has 33 heavy (non-hydrogen) atoms. The molecule has 0 spiro atoms. The summed E-state index contributed by atoms with van der Waals surface area (Å²) in [6.07, 6.45) is 6.84. The Morgan fingerprint density at radius 1 is 1.09 bits per heavy atom. The van der Waals surface area contributed by atoms with Crippen LogP contribution in [0.2, 0.25) is 0 Å². The maximum absolute atomic E-state index is 12.8. The molecule has 2 fully saturated rings. The minimum atomic E-state index is -0.380. The number of fused-ring (bicyclic) bond motifs is 1. The maximum Gasteiger partial charge on any atom is 0.253 e. The van der Waals surface area contributed by atoms with Gasteiger partial charge >= 0.3 is 0 Å². The van der Waals surface area contributed by atoms with Crippen molar-refractivity contribution >= 4 is 44.0 Å². The van der Waals surface area contributed by atoms with Gasteiger partial charge in [0, 0.05) is 25.6 Å². The van der Waals surface area contributed by atoms with Gasteiger partial charge in [0.25, 0.3) is 10.9 Å². The van der Waals surface area contributed by atoms with Gasteiger partial charge in [-0.05, 0) is 69.4 Å². The molecule has 1 amide bonds. The van der Waals surface area contributed by atoms with Crippen LogP contribution in [0.5, 0.6) is 0 Å². The first kappa shape index (κ1) is 22.1. The molecule has 1 saturated heterocycles. The summed E-state index contributed by atoms with van der Waals surface area (Å²) in [5, 5.41) is 6.97. The average Bonchev–Trinajstić information content (AvgIpc) is 3.26. The predicted octanol–water partition coefficient (Wildman–Crippen LogP) is 4.05. The van der Waals surface area contributed by atoms with Gasteiger partial charge in [0.15, 0.2) is 5.13 Å². The standard InChI is InChI=1S/C25H30N4O3S/c1-15-6-5-7-18-19(15)27-25(33-18)28-24(32)17-10-8-16(9-11-17)14-26-20-21(23(31)22(20)30)29-12-3-2-4-13-29/h5-7,16-17,26H,2-4,8-14H2,1H3,(H,27,28,32). The van der Waals surface area contributed by atoms with E-state index in [2.05, 4.69) is 20.5 Å². The Balaban J connectivity index is 1.13. The van der Waals surface area contributed by atoms with E-state index in [9.17, 15) is 14.4 Å².